The molecule has 0 spiro atoms. The highest BCUT2D eigenvalue weighted by molar-refractivity contribution is 5.75. The summed E-state index contributed by atoms with van der Waals surface area (Å²) in [5.74, 6) is 1.62. The van der Waals surface area contributed by atoms with Crippen molar-refractivity contribution in [2.24, 2.45) is 0 Å². The van der Waals surface area contributed by atoms with Gasteiger partial charge in [-0.3, -0.25) is 9.59 Å². The zero-order valence-corrected chi connectivity index (χ0v) is 14.2. The van der Waals surface area contributed by atoms with Gasteiger partial charge in [-0.05, 0) is 19.1 Å². The first-order chi connectivity index (χ1) is 12.6. The zero-order chi connectivity index (χ0) is 18.4. The quantitative estimate of drug-likeness (QED) is 0.562. The minimum absolute atomic E-state index is 0.115. The fraction of sp³-hybridized carbons (Fsp3) is 0.250. The molecule has 3 aromatic rings. The number of carbonyl (C=O) groups excluding carboxylic acids is 1. The predicted molar refractivity (Wildman–Crippen MR) is 93.9 cm³/mol. The first-order valence-electron chi connectivity index (χ1n) is 8.00. The molecule has 0 unspecified atom stereocenters. The van der Waals surface area contributed by atoms with Crippen LogP contribution in [0, 0.1) is 6.92 Å². The maximum Gasteiger partial charge on any atom is 0.267 e. The molecule has 134 valence electrons. The summed E-state index contributed by atoms with van der Waals surface area (Å²) in [5, 5.41) is 13.8. The Morgan fingerprint density at radius 2 is 2.00 bits per heavy atom. The van der Waals surface area contributed by atoms with Gasteiger partial charge < -0.3 is 10.6 Å². The number of aryl methyl sites for hydroxylation is 1. The van der Waals surface area contributed by atoms with Crippen LogP contribution in [0.5, 0.6) is 0 Å². The van der Waals surface area contributed by atoms with Crippen LogP contribution in [0.4, 0.5) is 5.82 Å². The molecule has 0 radical (unpaired) electrons. The van der Waals surface area contributed by atoms with E-state index in [0.717, 1.165) is 4.68 Å². The van der Waals surface area contributed by atoms with E-state index < -0.39 is 0 Å². The first kappa shape index (κ1) is 17.3. The third-order valence-corrected chi connectivity index (χ3v) is 3.40. The van der Waals surface area contributed by atoms with Gasteiger partial charge in [0.2, 0.25) is 5.91 Å². The van der Waals surface area contributed by atoms with Gasteiger partial charge in [0.15, 0.2) is 5.82 Å². The van der Waals surface area contributed by atoms with Crippen molar-refractivity contribution in [2.45, 2.75) is 13.5 Å². The Balaban J connectivity index is 1.50. The predicted octanol–water partition coefficient (Wildman–Crippen LogP) is -0.244. The zero-order valence-electron chi connectivity index (χ0n) is 14.2. The van der Waals surface area contributed by atoms with Crippen molar-refractivity contribution in [1.29, 1.82) is 0 Å². The fourth-order valence-corrected chi connectivity index (χ4v) is 2.25. The number of aromatic nitrogens is 6. The van der Waals surface area contributed by atoms with Crippen molar-refractivity contribution in [2.75, 3.05) is 18.4 Å². The van der Waals surface area contributed by atoms with Crippen molar-refractivity contribution in [1.82, 2.24) is 34.8 Å². The molecule has 3 aromatic heterocycles. The van der Waals surface area contributed by atoms with Crippen molar-refractivity contribution in [3.63, 3.8) is 0 Å². The lowest BCUT2D eigenvalue weighted by Gasteiger charge is -2.10. The lowest BCUT2D eigenvalue weighted by atomic mass is 10.4. The van der Waals surface area contributed by atoms with Gasteiger partial charge in [-0.15, -0.1) is 0 Å². The highest BCUT2D eigenvalue weighted by atomic mass is 16.2. The van der Waals surface area contributed by atoms with E-state index >= 15 is 0 Å². The Morgan fingerprint density at radius 1 is 1.15 bits per heavy atom. The van der Waals surface area contributed by atoms with Crippen LogP contribution in [-0.4, -0.2) is 48.5 Å². The molecule has 0 aliphatic carbocycles. The number of rotatable bonds is 7. The maximum absolute atomic E-state index is 11.9. The molecular weight excluding hydrogens is 336 g/mol. The number of hydrogen-bond acceptors (Lipinski definition) is 7. The van der Waals surface area contributed by atoms with Crippen LogP contribution in [-0.2, 0) is 11.3 Å². The van der Waals surface area contributed by atoms with Crippen LogP contribution in [0.25, 0.3) is 5.82 Å². The second-order valence-electron chi connectivity index (χ2n) is 5.41. The minimum atomic E-state index is -0.316. The third kappa shape index (κ3) is 4.50. The molecule has 1 amide bonds. The number of anilines is 1. The highest BCUT2D eigenvalue weighted by Gasteiger charge is 2.06. The van der Waals surface area contributed by atoms with Crippen molar-refractivity contribution in [3.05, 3.63) is 59.0 Å². The van der Waals surface area contributed by atoms with E-state index in [1.807, 2.05) is 6.07 Å². The molecule has 2 N–H and O–H groups in total. The monoisotopic (exact) mass is 354 g/mol. The summed E-state index contributed by atoms with van der Waals surface area (Å²) >= 11 is 0. The number of amides is 1. The van der Waals surface area contributed by atoms with Crippen LogP contribution in [0.2, 0.25) is 0 Å². The smallest absolute Gasteiger partial charge is 0.267 e. The fourth-order valence-electron chi connectivity index (χ4n) is 2.25. The van der Waals surface area contributed by atoms with Gasteiger partial charge in [0.25, 0.3) is 5.56 Å². The molecular formula is C16H18N8O2. The Kier molecular flexibility index (Phi) is 5.32. The molecule has 0 bridgehead atoms. The second-order valence-corrected chi connectivity index (χ2v) is 5.41. The van der Waals surface area contributed by atoms with Crippen molar-refractivity contribution < 1.29 is 4.79 Å². The van der Waals surface area contributed by atoms with Crippen LogP contribution in [0.3, 0.4) is 0 Å². The molecule has 3 heterocycles. The SMILES string of the molecule is Cc1nc(NCCNC(=O)Cn2ncccc2=O)cc(-n2cccn2)n1. The summed E-state index contributed by atoms with van der Waals surface area (Å²) in [6, 6.07) is 6.47. The third-order valence-electron chi connectivity index (χ3n) is 3.40. The summed E-state index contributed by atoms with van der Waals surface area (Å²) in [6.07, 6.45) is 4.93. The van der Waals surface area contributed by atoms with Gasteiger partial charge in [0.05, 0.1) is 0 Å². The van der Waals surface area contributed by atoms with Crippen LogP contribution >= 0.6 is 0 Å². The van der Waals surface area contributed by atoms with Gasteiger partial charge in [-0.1, -0.05) is 0 Å². The van der Waals surface area contributed by atoms with E-state index in [4.69, 9.17) is 0 Å². The van der Waals surface area contributed by atoms with Crippen LogP contribution < -0.4 is 16.2 Å². The Bertz CT molecular complexity index is 935. The molecule has 0 saturated heterocycles. The van der Waals surface area contributed by atoms with E-state index in [9.17, 15) is 9.59 Å². The van der Waals surface area contributed by atoms with Crippen LogP contribution in [0.1, 0.15) is 5.82 Å². The molecule has 3 rings (SSSR count). The van der Waals surface area contributed by atoms with Crippen molar-refractivity contribution >= 4 is 11.7 Å². The maximum atomic E-state index is 11.9. The highest BCUT2D eigenvalue weighted by Crippen LogP contribution is 2.09. The lowest BCUT2D eigenvalue weighted by Crippen LogP contribution is -2.35. The van der Waals surface area contributed by atoms with E-state index in [-0.39, 0.29) is 18.0 Å². The Hall–Kier alpha value is -3.56. The molecule has 26 heavy (non-hydrogen) atoms. The average Bonchev–Trinajstić information content (AvgIpc) is 3.15. The lowest BCUT2D eigenvalue weighted by molar-refractivity contribution is -0.121. The normalized spacial score (nSPS) is 10.5. The number of hydrogen-bond donors (Lipinski definition) is 2. The van der Waals surface area contributed by atoms with E-state index in [0.29, 0.717) is 30.5 Å². The van der Waals surface area contributed by atoms with Gasteiger partial charge in [0.1, 0.15) is 18.2 Å². The van der Waals surface area contributed by atoms with Gasteiger partial charge in [0, 0.05) is 43.8 Å². The summed E-state index contributed by atoms with van der Waals surface area (Å²) < 4.78 is 2.75. The molecule has 10 heteroatoms. The summed E-state index contributed by atoms with van der Waals surface area (Å²) in [4.78, 5) is 32.0. The number of nitrogens with zero attached hydrogens (tertiary/aromatic N) is 6. The second kappa shape index (κ2) is 8.01. The summed E-state index contributed by atoms with van der Waals surface area (Å²) in [7, 11) is 0. The Morgan fingerprint density at radius 3 is 2.77 bits per heavy atom. The molecule has 0 aliphatic heterocycles. The van der Waals surface area contributed by atoms with Crippen LogP contribution in [0.15, 0.2) is 47.7 Å². The molecule has 0 atom stereocenters. The van der Waals surface area contributed by atoms with Gasteiger partial charge in [-0.25, -0.2) is 19.3 Å². The van der Waals surface area contributed by atoms with Crippen molar-refractivity contribution in [3.8, 4) is 5.82 Å². The largest absolute Gasteiger partial charge is 0.368 e. The Labute approximate surface area is 148 Å². The van der Waals surface area contributed by atoms with Gasteiger partial charge >= 0.3 is 0 Å². The summed E-state index contributed by atoms with van der Waals surface area (Å²) in [5.41, 5.74) is -0.316. The molecule has 10 nitrogen and oxygen atoms in total. The average molecular weight is 354 g/mol. The van der Waals surface area contributed by atoms with Gasteiger partial charge in [-0.2, -0.15) is 10.2 Å². The van der Waals surface area contributed by atoms with E-state index in [2.05, 4.69) is 30.8 Å². The number of carbonyl (C=O) groups is 1. The van der Waals surface area contributed by atoms with E-state index in [1.165, 1.54) is 18.3 Å². The molecule has 0 aromatic carbocycles. The molecule has 0 fully saturated rings. The molecule has 0 saturated carbocycles. The summed E-state index contributed by atoms with van der Waals surface area (Å²) in [6.45, 7) is 2.53. The number of nitrogens with one attached hydrogen (secondary N) is 2. The van der Waals surface area contributed by atoms with E-state index in [1.54, 1.807) is 30.1 Å². The minimum Gasteiger partial charge on any atom is -0.368 e. The topological polar surface area (TPSA) is 120 Å². The molecule has 0 aliphatic rings. The standard InChI is InChI=1S/C16H18N8O2/c1-12-21-13(10-14(22-12)23-9-3-6-19-23)17-7-8-18-15(25)11-24-16(26)4-2-5-20-24/h2-6,9-10H,7-8,11H2,1H3,(H,18,25)(H,17,21,22). The first-order valence-corrected chi connectivity index (χ1v) is 8.00.